The number of H-pyrrole nitrogens is 1. The van der Waals surface area contributed by atoms with Crippen LogP contribution in [0.5, 0.6) is 0 Å². The number of carbonyl (C=O) groups excluding carboxylic acids is 1. The molecule has 25 heavy (non-hydrogen) atoms. The lowest BCUT2D eigenvalue weighted by Gasteiger charge is -2.31. The third-order valence-electron chi connectivity index (χ3n) is 4.47. The molecule has 6 nitrogen and oxygen atoms in total. The molecule has 0 radical (unpaired) electrons. The quantitative estimate of drug-likeness (QED) is 0.782. The van der Waals surface area contributed by atoms with Crippen molar-refractivity contribution in [2.45, 2.75) is 18.8 Å². The van der Waals surface area contributed by atoms with Crippen molar-refractivity contribution in [3.63, 3.8) is 0 Å². The molecular weight excluding hydrogens is 341 g/mol. The number of amides is 1. The molecule has 1 N–H and O–H groups in total. The van der Waals surface area contributed by atoms with E-state index in [1.807, 2.05) is 11.0 Å². The van der Waals surface area contributed by atoms with Crippen molar-refractivity contribution in [2.24, 2.45) is 0 Å². The zero-order valence-corrected chi connectivity index (χ0v) is 14.2. The van der Waals surface area contributed by atoms with Gasteiger partial charge in [0.05, 0.1) is 5.69 Å². The van der Waals surface area contributed by atoms with Gasteiger partial charge >= 0.3 is 0 Å². The second-order valence-corrected chi connectivity index (χ2v) is 6.71. The molecule has 1 saturated heterocycles. The zero-order valence-electron chi connectivity index (χ0n) is 13.4. The molecule has 0 spiro atoms. The van der Waals surface area contributed by atoms with Gasteiger partial charge in [0.2, 0.25) is 0 Å². The Kier molecular flexibility index (Phi) is 4.27. The summed E-state index contributed by atoms with van der Waals surface area (Å²) < 4.78 is 16.8. The summed E-state index contributed by atoms with van der Waals surface area (Å²) in [6.07, 6.45) is 1.92. The Morgan fingerprint density at radius 1 is 1.32 bits per heavy atom. The monoisotopic (exact) mass is 357 g/mol. The summed E-state index contributed by atoms with van der Waals surface area (Å²) >= 11 is 1.18. The normalized spacial score (nSPS) is 17.6. The van der Waals surface area contributed by atoms with Gasteiger partial charge in [-0.15, -0.1) is 5.10 Å². The van der Waals surface area contributed by atoms with Crippen molar-refractivity contribution in [3.05, 3.63) is 52.9 Å². The third-order valence-corrected chi connectivity index (χ3v) is 4.97. The second kappa shape index (κ2) is 6.72. The van der Waals surface area contributed by atoms with E-state index in [2.05, 4.69) is 19.8 Å². The first-order valence-corrected chi connectivity index (χ1v) is 8.92. The Morgan fingerprint density at radius 2 is 2.16 bits per heavy atom. The van der Waals surface area contributed by atoms with Crippen LogP contribution in [0.2, 0.25) is 0 Å². The van der Waals surface area contributed by atoms with E-state index in [0.29, 0.717) is 12.2 Å². The summed E-state index contributed by atoms with van der Waals surface area (Å²) in [5, 5.41) is 13.0. The Hall–Kier alpha value is -2.61. The van der Waals surface area contributed by atoms with Crippen molar-refractivity contribution < 1.29 is 9.18 Å². The molecule has 0 bridgehead atoms. The molecule has 1 aromatic carbocycles. The number of nitrogens with one attached hydrogen (secondary N) is 1. The predicted octanol–water partition coefficient (Wildman–Crippen LogP) is 3.09. The van der Waals surface area contributed by atoms with Crippen LogP contribution in [0.1, 0.15) is 34.9 Å². The number of aromatic amines is 1. The maximum atomic E-state index is 13.1. The van der Waals surface area contributed by atoms with Crippen molar-refractivity contribution >= 4 is 17.4 Å². The molecule has 0 unspecified atom stereocenters. The van der Waals surface area contributed by atoms with Crippen LogP contribution in [0.4, 0.5) is 4.39 Å². The molecule has 0 saturated carbocycles. The number of carbonyl (C=O) groups is 1. The van der Waals surface area contributed by atoms with Crippen molar-refractivity contribution in [2.75, 3.05) is 13.1 Å². The number of hydrogen-bond donors (Lipinski definition) is 1. The highest BCUT2D eigenvalue weighted by atomic mass is 32.1. The Labute approximate surface area is 147 Å². The molecule has 1 aliphatic rings. The third kappa shape index (κ3) is 3.30. The number of aromatic nitrogens is 4. The Balaban J connectivity index is 1.50. The summed E-state index contributed by atoms with van der Waals surface area (Å²) in [6, 6.07) is 8.25. The number of piperidine rings is 1. The van der Waals surface area contributed by atoms with Crippen molar-refractivity contribution in [3.8, 4) is 11.3 Å². The highest BCUT2D eigenvalue weighted by Gasteiger charge is 2.27. The number of halogens is 1. The Bertz CT molecular complexity index is 862. The standard InChI is InChI=1S/C17H16FN5OS/c18-13-5-3-11(4-6-13)14-8-15(20-19-14)12-2-1-7-23(9-12)17(24)16-10-25-22-21-16/h3-6,8,10,12H,1-2,7,9H2,(H,19,20)/t12-/m0/s1. The van der Waals surface area contributed by atoms with Crippen LogP contribution in [0.3, 0.4) is 0 Å². The molecule has 0 aliphatic carbocycles. The van der Waals surface area contributed by atoms with Gasteiger partial charge in [-0.1, -0.05) is 4.49 Å². The highest BCUT2D eigenvalue weighted by Crippen LogP contribution is 2.29. The SMILES string of the molecule is O=C(c1csnn1)N1CCC[C@H](c2cc(-c3ccc(F)cc3)n[nH]2)C1. The molecule has 8 heteroatoms. The van der Waals surface area contributed by atoms with E-state index in [9.17, 15) is 9.18 Å². The average Bonchev–Trinajstić information content (AvgIpc) is 3.34. The minimum absolute atomic E-state index is 0.0725. The molecule has 3 aromatic rings. The Morgan fingerprint density at radius 3 is 2.92 bits per heavy atom. The van der Waals surface area contributed by atoms with E-state index in [1.54, 1.807) is 17.5 Å². The number of likely N-dealkylation sites (tertiary alicyclic amines) is 1. The van der Waals surface area contributed by atoms with E-state index >= 15 is 0 Å². The fourth-order valence-corrected chi connectivity index (χ4v) is 3.58. The van der Waals surface area contributed by atoms with Crippen LogP contribution in [-0.4, -0.2) is 43.7 Å². The number of hydrogen-bond acceptors (Lipinski definition) is 5. The minimum Gasteiger partial charge on any atom is -0.337 e. The number of nitrogens with zero attached hydrogens (tertiary/aromatic N) is 4. The fraction of sp³-hybridized carbons (Fsp3) is 0.294. The van der Waals surface area contributed by atoms with E-state index in [0.717, 1.165) is 36.3 Å². The first-order chi connectivity index (χ1) is 12.2. The summed E-state index contributed by atoms with van der Waals surface area (Å²) in [7, 11) is 0. The predicted molar refractivity (Wildman–Crippen MR) is 91.8 cm³/mol. The van der Waals surface area contributed by atoms with Gasteiger partial charge in [-0.05, 0) is 54.7 Å². The largest absolute Gasteiger partial charge is 0.337 e. The van der Waals surface area contributed by atoms with Gasteiger partial charge in [0, 0.05) is 35.6 Å². The van der Waals surface area contributed by atoms with Crippen LogP contribution < -0.4 is 0 Å². The van der Waals surface area contributed by atoms with Gasteiger partial charge < -0.3 is 4.90 Å². The van der Waals surface area contributed by atoms with Crippen LogP contribution in [0, 0.1) is 5.82 Å². The van der Waals surface area contributed by atoms with Gasteiger partial charge in [-0.25, -0.2) is 4.39 Å². The first kappa shape index (κ1) is 15.9. The van der Waals surface area contributed by atoms with Crippen molar-refractivity contribution in [1.82, 2.24) is 24.7 Å². The smallest absolute Gasteiger partial charge is 0.275 e. The summed E-state index contributed by atoms with van der Waals surface area (Å²) in [5.41, 5.74) is 3.04. The van der Waals surface area contributed by atoms with E-state index < -0.39 is 0 Å². The molecule has 1 atom stereocenters. The summed E-state index contributed by atoms with van der Waals surface area (Å²) in [4.78, 5) is 14.3. The zero-order chi connectivity index (χ0) is 17.2. The van der Waals surface area contributed by atoms with Gasteiger partial charge in [0.15, 0.2) is 5.69 Å². The fourth-order valence-electron chi connectivity index (χ4n) is 3.15. The molecule has 128 valence electrons. The van der Waals surface area contributed by atoms with Crippen LogP contribution in [0.15, 0.2) is 35.7 Å². The van der Waals surface area contributed by atoms with E-state index in [-0.39, 0.29) is 17.6 Å². The summed E-state index contributed by atoms with van der Waals surface area (Å²) in [5.74, 6) is -0.139. The molecular formula is C17H16FN5OS. The topological polar surface area (TPSA) is 74.8 Å². The molecule has 1 aliphatic heterocycles. The molecule has 1 fully saturated rings. The van der Waals surface area contributed by atoms with Crippen molar-refractivity contribution in [1.29, 1.82) is 0 Å². The molecule has 2 aromatic heterocycles. The maximum Gasteiger partial charge on any atom is 0.275 e. The van der Waals surface area contributed by atoms with Crippen LogP contribution >= 0.6 is 11.5 Å². The summed E-state index contributed by atoms with van der Waals surface area (Å²) in [6.45, 7) is 1.35. The lowest BCUT2D eigenvalue weighted by molar-refractivity contribution is 0.0700. The van der Waals surface area contributed by atoms with Gasteiger partial charge in [0.25, 0.3) is 5.91 Å². The lowest BCUT2D eigenvalue weighted by atomic mass is 9.94. The van der Waals surface area contributed by atoms with Crippen LogP contribution in [-0.2, 0) is 0 Å². The van der Waals surface area contributed by atoms with Crippen LogP contribution in [0.25, 0.3) is 11.3 Å². The lowest BCUT2D eigenvalue weighted by Crippen LogP contribution is -2.39. The first-order valence-electron chi connectivity index (χ1n) is 8.08. The van der Waals surface area contributed by atoms with E-state index in [4.69, 9.17) is 0 Å². The maximum absolute atomic E-state index is 13.1. The number of benzene rings is 1. The van der Waals surface area contributed by atoms with E-state index in [1.165, 1.54) is 23.7 Å². The van der Waals surface area contributed by atoms with Gasteiger partial charge in [-0.3, -0.25) is 9.89 Å². The second-order valence-electron chi connectivity index (χ2n) is 6.10. The van der Waals surface area contributed by atoms with Gasteiger partial charge in [0.1, 0.15) is 5.82 Å². The van der Waals surface area contributed by atoms with Gasteiger partial charge in [-0.2, -0.15) is 5.10 Å². The number of rotatable bonds is 3. The molecule has 3 heterocycles. The minimum atomic E-state index is -0.266. The molecule has 1 amide bonds. The average molecular weight is 357 g/mol. The molecule has 4 rings (SSSR count). The highest BCUT2D eigenvalue weighted by molar-refractivity contribution is 7.03.